The summed E-state index contributed by atoms with van der Waals surface area (Å²) in [7, 11) is -7.69. The number of fused-ring (bicyclic) bond motifs is 1. The van der Waals surface area contributed by atoms with Crippen LogP contribution in [0.1, 0.15) is 17.8 Å². The third kappa shape index (κ3) is 4.56. The SMILES string of the molecule is Cc1nc2ccc(NC(=O)C3CCN(S(=O)(=O)c4ccccc4S(C)(=O)=O)CC3)cc2s1. The van der Waals surface area contributed by atoms with Crippen molar-refractivity contribution < 1.29 is 21.6 Å². The molecule has 4 rings (SSSR count). The topological polar surface area (TPSA) is 114 Å². The number of piperidine rings is 1. The van der Waals surface area contributed by atoms with E-state index in [4.69, 9.17) is 0 Å². The average Bonchev–Trinajstić information content (AvgIpc) is 3.12. The monoisotopic (exact) mass is 493 g/mol. The zero-order valence-electron chi connectivity index (χ0n) is 17.6. The van der Waals surface area contributed by atoms with Gasteiger partial charge in [0.2, 0.25) is 15.9 Å². The Bertz CT molecular complexity index is 1390. The molecule has 1 aromatic heterocycles. The Hall–Kier alpha value is -2.34. The van der Waals surface area contributed by atoms with Crippen molar-refractivity contribution in [2.24, 2.45) is 5.92 Å². The minimum atomic E-state index is -3.99. The summed E-state index contributed by atoms with van der Waals surface area (Å²) in [4.78, 5) is 16.7. The van der Waals surface area contributed by atoms with Crippen LogP contribution in [0.25, 0.3) is 10.2 Å². The lowest BCUT2D eigenvalue weighted by Gasteiger charge is -2.31. The number of aromatic nitrogens is 1. The molecular formula is C21H23N3O5S3. The Morgan fingerprint density at radius 1 is 1.06 bits per heavy atom. The summed E-state index contributed by atoms with van der Waals surface area (Å²) in [6.07, 6.45) is 1.70. The normalized spacial score (nSPS) is 16.3. The van der Waals surface area contributed by atoms with E-state index in [-0.39, 0.29) is 34.7 Å². The molecule has 8 nitrogen and oxygen atoms in total. The van der Waals surface area contributed by atoms with Crippen molar-refractivity contribution in [1.82, 2.24) is 9.29 Å². The van der Waals surface area contributed by atoms with Gasteiger partial charge in [-0.3, -0.25) is 4.79 Å². The smallest absolute Gasteiger partial charge is 0.244 e. The predicted octanol–water partition coefficient (Wildman–Crippen LogP) is 3.05. The molecule has 0 bridgehead atoms. The fourth-order valence-electron chi connectivity index (χ4n) is 3.83. The van der Waals surface area contributed by atoms with Gasteiger partial charge in [0.1, 0.15) is 4.90 Å². The first kappa shape index (κ1) is 22.8. The molecule has 1 aliphatic heterocycles. The van der Waals surface area contributed by atoms with Gasteiger partial charge in [-0.25, -0.2) is 21.8 Å². The van der Waals surface area contributed by atoms with Gasteiger partial charge in [-0.2, -0.15) is 4.31 Å². The van der Waals surface area contributed by atoms with Crippen molar-refractivity contribution in [3.8, 4) is 0 Å². The van der Waals surface area contributed by atoms with Crippen LogP contribution in [0.4, 0.5) is 5.69 Å². The highest BCUT2D eigenvalue weighted by molar-refractivity contribution is 7.93. The lowest BCUT2D eigenvalue weighted by Crippen LogP contribution is -2.41. The van der Waals surface area contributed by atoms with Crippen molar-refractivity contribution in [3.63, 3.8) is 0 Å². The summed E-state index contributed by atoms with van der Waals surface area (Å²) < 4.78 is 52.5. The van der Waals surface area contributed by atoms with Gasteiger partial charge in [-0.15, -0.1) is 11.3 Å². The molecule has 170 valence electrons. The minimum absolute atomic E-state index is 0.144. The Labute approximate surface area is 191 Å². The number of hydrogen-bond acceptors (Lipinski definition) is 7. The highest BCUT2D eigenvalue weighted by Gasteiger charge is 2.34. The van der Waals surface area contributed by atoms with E-state index in [0.29, 0.717) is 18.5 Å². The highest BCUT2D eigenvalue weighted by Crippen LogP contribution is 2.29. The second kappa shape index (κ2) is 8.54. The van der Waals surface area contributed by atoms with Gasteiger partial charge in [0.05, 0.1) is 20.1 Å². The number of nitrogens with one attached hydrogen (secondary N) is 1. The van der Waals surface area contributed by atoms with Gasteiger partial charge in [-0.1, -0.05) is 12.1 Å². The molecule has 0 atom stereocenters. The quantitative estimate of drug-likeness (QED) is 0.584. The van der Waals surface area contributed by atoms with Crippen LogP contribution in [0.3, 0.4) is 0 Å². The standard InChI is InChI=1S/C21H23N3O5S3/c1-14-22-17-8-7-16(13-18(17)30-14)23-21(25)15-9-11-24(12-10-15)32(28,29)20-6-4-3-5-19(20)31(2,26)27/h3-8,13,15H,9-12H2,1-2H3,(H,23,25). The molecule has 0 spiro atoms. The first-order valence-corrected chi connectivity index (χ1v) is 14.2. The summed E-state index contributed by atoms with van der Waals surface area (Å²) in [5.41, 5.74) is 1.57. The summed E-state index contributed by atoms with van der Waals surface area (Å²) in [6, 6.07) is 11.2. The molecule has 11 heteroatoms. The molecular weight excluding hydrogens is 470 g/mol. The summed E-state index contributed by atoms with van der Waals surface area (Å²) >= 11 is 1.55. The number of sulfone groups is 1. The molecule has 0 saturated carbocycles. The highest BCUT2D eigenvalue weighted by atomic mass is 32.2. The third-order valence-electron chi connectivity index (χ3n) is 5.45. The first-order valence-electron chi connectivity index (χ1n) is 10.0. The van der Waals surface area contributed by atoms with Crippen molar-refractivity contribution in [2.75, 3.05) is 24.7 Å². The number of hydrogen-bond donors (Lipinski definition) is 1. The van der Waals surface area contributed by atoms with Crippen molar-refractivity contribution in [3.05, 3.63) is 47.5 Å². The molecule has 1 aliphatic rings. The van der Waals surface area contributed by atoms with Crippen LogP contribution in [-0.2, 0) is 24.7 Å². The van der Waals surface area contributed by atoms with E-state index in [1.165, 1.54) is 28.6 Å². The van der Waals surface area contributed by atoms with Crippen molar-refractivity contribution in [2.45, 2.75) is 29.6 Å². The van der Waals surface area contributed by atoms with Crippen LogP contribution in [0.15, 0.2) is 52.3 Å². The number of sulfonamides is 1. The third-order valence-corrected chi connectivity index (χ3v) is 9.63. The molecule has 0 aliphatic carbocycles. The molecule has 2 heterocycles. The molecule has 0 unspecified atom stereocenters. The van der Waals surface area contributed by atoms with Gasteiger partial charge < -0.3 is 5.32 Å². The zero-order chi connectivity index (χ0) is 23.1. The number of amides is 1. The first-order chi connectivity index (χ1) is 15.1. The van der Waals surface area contributed by atoms with Gasteiger partial charge in [-0.05, 0) is 50.1 Å². The van der Waals surface area contributed by atoms with Crippen LogP contribution in [0.5, 0.6) is 0 Å². The molecule has 1 amide bonds. The maximum absolute atomic E-state index is 13.1. The summed E-state index contributed by atoms with van der Waals surface area (Å²) in [5, 5.41) is 3.87. The lowest BCUT2D eigenvalue weighted by molar-refractivity contribution is -0.120. The Morgan fingerprint density at radius 3 is 2.38 bits per heavy atom. The van der Waals surface area contributed by atoms with Crippen LogP contribution < -0.4 is 5.32 Å². The van der Waals surface area contributed by atoms with E-state index in [1.807, 2.05) is 19.1 Å². The summed E-state index contributed by atoms with van der Waals surface area (Å²) in [5.74, 6) is -0.482. The van der Waals surface area contributed by atoms with E-state index >= 15 is 0 Å². The molecule has 2 aromatic carbocycles. The van der Waals surface area contributed by atoms with Gasteiger partial charge in [0.25, 0.3) is 0 Å². The molecule has 1 N–H and O–H groups in total. The van der Waals surface area contributed by atoms with Crippen LogP contribution in [0.2, 0.25) is 0 Å². The number of rotatable bonds is 5. The second-order valence-corrected chi connectivity index (χ2v) is 12.9. The number of carbonyl (C=O) groups is 1. The van der Waals surface area contributed by atoms with Gasteiger partial charge in [0, 0.05) is 31.0 Å². The largest absolute Gasteiger partial charge is 0.326 e. The molecule has 0 radical (unpaired) electrons. The molecule has 1 saturated heterocycles. The van der Waals surface area contributed by atoms with Crippen molar-refractivity contribution in [1.29, 1.82) is 0 Å². The van der Waals surface area contributed by atoms with Gasteiger partial charge in [0.15, 0.2) is 9.84 Å². The van der Waals surface area contributed by atoms with Crippen molar-refractivity contribution >= 4 is 53.0 Å². The number of nitrogens with zero attached hydrogens (tertiary/aromatic N) is 2. The number of thiazole rings is 1. The van der Waals surface area contributed by atoms with E-state index in [2.05, 4.69) is 10.3 Å². The number of aryl methyl sites for hydroxylation is 1. The molecule has 3 aromatic rings. The van der Waals surface area contributed by atoms with Gasteiger partial charge >= 0.3 is 0 Å². The van der Waals surface area contributed by atoms with Crippen LogP contribution in [-0.4, -0.2) is 51.4 Å². The fourth-order valence-corrected chi connectivity index (χ4v) is 7.77. The molecule has 1 fully saturated rings. The zero-order valence-corrected chi connectivity index (χ0v) is 20.1. The number of benzene rings is 2. The Morgan fingerprint density at radius 2 is 1.72 bits per heavy atom. The van der Waals surface area contributed by atoms with Crippen LogP contribution >= 0.6 is 11.3 Å². The Balaban J connectivity index is 1.45. The maximum Gasteiger partial charge on any atom is 0.244 e. The van der Waals surface area contributed by atoms with Crippen LogP contribution in [0, 0.1) is 12.8 Å². The lowest BCUT2D eigenvalue weighted by atomic mass is 9.97. The number of anilines is 1. The number of carbonyl (C=O) groups excluding carboxylic acids is 1. The average molecular weight is 494 g/mol. The predicted molar refractivity (Wildman–Crippen MR) is 124 cm³/mol. The van der Waals surface area contributed by atoms with E-state index in [9.17, 15) is 21.6 Å². The second-order valence-electron chi connectivity index (χ2n) is 7.80. The van der Waals surface area contributed by atoms with E-state index in [0.717, 1.165) is 21.5 Å². The van der Waals surface area contributed by atoms with E-state index in [1.54, 1.807) is 17.4 Å². The Kier molecular flexibility index (Phi) is 6.10. The van der Waals surface area contributed by atoms with E-state index < -0.39 is 19.9 Å². The summed E-state index contributed by atoms with van der Waals surface area (Å²) in [6.45, 7) is 2.22. The fraction of sp³-hybridized carbons (Fsp3) is 0.333. The molecule has 32 heavy (non-hydrogen) atoms. The minimum Gasteiger partial charge on any atom is -0.326 e. The maximum atomic E-state index is 13.1.